The molecule has 1 aliphatic heterocycles. The van der Waals surface area contributed by atoms with Gasteiger partial charge in [0.1, 0.15) is 11.9 Å². The lowest BCUT2D eigenvalue weighted by Crippen LogP contribution is -2.22. The summed E-state index contributed by atoms with van der Waals surface area (Å²) >= 11 is 0. The van der Waals surface area contributed by atoms with Crippen molar-refractivity contribution in [2.45, 2.75) is 44.2 Å². The summed E-state index contributed by atoms with van der Waals surface area (Å²) in [5.41, 5.74) is 1.67. The summed E-state index contributed by atoms with van der Waals surface area (Å²) in [6.45, 7) is 1.72. The lowest BCUT2D eigenvalue weighted by Gasteiger charge is -2.16. The van der Waals surface area contributed by atoms with Gasteiger partial charge >= 0.3 is 5.97 Å². The van der Waals surface area contributed by atoms with Gasteiger partial charge < -0.3 is 14.2 Å². The molecule has 0 aromatic heterocycles. The van der Waals surface area contributed by atoms with Crippen molar-refractivity contribution < 1.29 is 23.4 Å². The first-order valence-corrected chi connectivity index (χ1v) is 9.27. The Morgan fingerprint density at radius 2 is 1.86 bits per heavy atom. The molecule has 0 amide bonds. The van der Waals surface area contributed by atoms with E-state index in [2.05, 4.69) is 11.8 Å². The fourth-order valence-electron chi connectivity index (χ4n) is 3.14. The molecule has 0 bridgehead atoms. The molecule has 146 valence electrons. The molecule has 0 radical (unpaired) electrons. The van der Waals surface area contributed by atoms with E-state index in [0.29, 0.717) is 0 Å². The van der Waals surface area contributed by atoms with Crippen molar-refractivity contribution in [3.8, 4) is 11.8 Å². The third kappa shape index (κ3) is 5.19. The second kappa shape index (κ2) is 9.50. The van der Waals surface area contributed by atoms with Crippen molar-refractivity contribution in [2.75, 3.05) is 7.11 Å². The third-order valence-electron chi connectivity index (χ3n) is 4.55. The van der Waals surface area contributed by atoms with Crippen molar-refractivity contribution >= 4 is 5.97 Å². The van der Waals surface area contributed by atoms with Crippen LogP contribution in [0.2, 0.25) is 0 Å². The quantitative estimate of drug-likeness (QED) is 0.569. The normalized spacial score (nSPS) is 20.7. The first-order valence-electron chi connectivity index (χ1n) is 9.27. The Kier molecular flexibility index (Phi) is 6.80. The summed E-state index contributed by atoms with van der Waals surface area (Å²) in [5, 5.41) is 0. The molecule has 1 fully saturated rings. The van der Waals surface area contributed by atoms with Gasteiger partial charge in [0.25, 0.3) is 0 Å². The van der Waals surface area contributed by atoms with Gasteiger partial charge in [0.15, 0.2) is 12.2 Å². The molecule has 5 heteroatoms. The predicted molar refractivity (Wildman–Crippen MR) is 103 cm³/mol. The van der Waals surface area contributed by atoms with Gasteiger partial charge in [-0.3, -0.25) is 0 Å². The molecule has 0 spiro atoms. The largest absolute Gasteiger partial charge is 0.447 e. The maximum atomic E-state index is 13.0. The van der Waals surface area contributed by atoms with Gasteiger partial charge in [0.2, 0.25) is 0 Å². The highest BCUT2D eigenvalue weighted by Crippen LogP contribution is 2.32. The van der Waals surface area contributed by atoms with Crippen LogP contribution < -0.4 is 0 Å². The highest BCUT2D eigenvalue weighted by Gasteiger charge is 2.26. The number of carbonyl (C=O) groups is 1. The molecule has 3 rings (SSSR count). The summed E-state index contributed by atoms with van der Waals surface area (Å²) in [4.78, 5) is 12.4. The number of hydrogen-bond acceptors (Lipinski definition) is 4. The minimum absolute atomic E-state index is 0.0892. The molecule has 4 nitrogen and oxygen atoms in total. The molecule has 0 saturated carbocycles. The molecule has 1 aliphatic rings. The van der Waals surface area contributed by atoms with Crippen molar-refractivity contribution in [1.29, 1.82) is 0 Å². The van der Waals surface area contributed by atoms with E-state index in [1.807, 2.05) is 30.3 Å². The van der Waals surface area contributed by atoms with Crippen molar-refractivity contribution in [3.63, 3.8) is 0 Å². The zero-order valence-electron chi connectivity index (χ0n) is 15.9. The Hall–Kier alpha value is -2.68. The number of esters is 1. The number of halogens is 1. The maximum Gasteiger partial charge on any atom is 0.341 e. The Balaban J connectivity index is 1.54. The molecule has 0 N–H and O–H groups in total. The van der Waals surface area contributed by atoms with E-state index < -0.39 is 18.2 Å². The molecule has 28 heavy (non-hydrogen) atoms. The second-order valence-electron chi connectivity index (χ2n) is 6.64. The van der Waals surface area contributed by atoms with E-state index >= 15 is 0 Å². The fraction of sp³-hybridized carbons (Fsp3) is 0.348. The first kappa shape index (κ1) is 20.1. The number of rotatable bonds is 5. The van der Waals surface area contributed by atoms with E-state index in [1.165, 1.54) is 19.2 Å². The van der Waals surface area contributed by atoms with Crippen LogP contribution in [0.25, 0.3) is 0 Å². The van der Waals surface area contributed by atoms with Crippen molar-refractivity contribution in [1.82, 2.24) is 0 Å². The summed E-state index contributed by atoms with van der Waals surface area (Å²) in [6.07, 6.45) is -0.0880. The topological polar surface area (TPSA) is 44.8 Å². The van der Waals surface area contributed by atoms with Crippen molar-refractivity contribution in [2.24, 2.45) is 0 Å². The summed E-state index contributed by atoms with van der Waals surface area (Å²) in [6, 6.07) is 15.5. The Labute approximate surface area is 164 Å². The van der Waals surface area contributed by atoms with Crippen LogP contribution in [0.5, 0.6) is 0 Å². The average molecular weight is 382 g/mol. The Morgan fingerprint density at radius 3 is 2.54 bits per heavy atom. The van der Waals surface area contributed by atoms with Gasteiger partial charge in [-0.1, -0.05) is 54.3 Å². The summed E-state index contributed by atoms with van der Waals surface area (Å²) < 4.78 is 29.6. The van der Waals surface area contributed by atoms with Crippen LogP contribution in [0, 0.1) is 17.7 Å². The van der Waals surface area contributed by atoms with E-state index in [-0.39, 0.29) is 18.0 Å². The molecule has 2 aromatic rings. The minimum Gasteiger partial charge on any atom is -0.447 e. The number of benzene rings is 2. The zero-order chi connectivity index (χ0) is 19.9. The zero-order valence-corrected chi connectivity index (χ0v) is 15.9. The van der Waals surface area contributed by atoms with E-state index in [4.69, 9.17) is 14.2 Å². The molecule has 0 aliphatic carbocycles. The van der Waals surface area contributed by atoms with Gasteiger partial charge in [-0.25, -0.2) is 9.18 Å². The predicted octanol–water partition coefficient (Wildman–Crippen LogP) is 4.37. The maximum absolute atomic E-state index is 13.0. The first-order chi connectivity index (χ1) is 13.6. The highest BCUT2D eigenvalue weighted by atomic mass is 19.1. The molecule has 4 atom stereocenters. The molecule has 1 saturated heterocycles. The SMILES string of the molecule is COC(C(=O)OC(C)C#CC1CCC(c2ccc(F)cc2)O1)c1ccccc1. The number of hydrogen-bond donors (Lipinski definition) is 0. The molecular weight excluding hydrogens is 359 g/mol. The van der Waals surface area contributed by atoms with Gasteiger partial charge in [0, 0.05) is 7.11 Å². The minimum atomic E-state index is -0.781. The van der Waals surface area contributed by atoms with Gasteiger partial charge in [-0.15, -0.1) is 0 Å². The number of carbonyl (C=O) groups excluding carboxylic acids is 1. The van der Waals surface area contributed by atoms with Crippen LogP contribution in [0.15, 0.2) is 54.6 Å². The number of ether oxygens (including phenoxy) is 3. The monoisotopic (exact) mass is 382 g/mol. The molecular formula is C23H23FO4. The van der Waals surface area contributed by atoms with E-state index in [1.54, 1.807) is 19.1 Å². The lowest BCUT2D eigenvalue weighted by molar-refractivity contribution is -0.158. The fourth-order valence-corrected chi connectivity index (χ4v) is 3.14. The smallest absolute Gasteiger partial charge is 0.341 e. The standard InChI is InChI=1S/C23H23FO4/c1-16(27-23(25)22(26-2)18-6-4-3-5-7-18)8-13-20-14-15-21(28-20)17-9-11-19(24)12-10-17/h3-7,9-12,16,20-22H,14-15H2,1-2H3. The number of methoxy groups -OCH3 is 1. The lowest BCUT2D eigenvalue weighted by atomic mass is 10.1. The third-order valence-corrected chi connectivity index (χ3v) is 4.55. The van der Waals surface area contributed by atoms with Crippen LogP contribution in [-0.2, 0) is 19.0 Å². The summed E-state index contributed by atoms with van der Waals surface area (Å²) in [7, 11) is 1.47. The van der Waals surface area contributed by atoms with E-state index in [9.17, 15) is 9.18 Å². The van der Waals surface area contributed by atoms with Crippen LogP contribution in [0.3, 0.4) is 0 Å². The second-order valence-corrected chi connectivity index (χ2v) is 6.64. The average Bonchev–Trinajstić information content (AvgIpc) is 3.17. The van der Waals surface area contributed by atoms with Crippen molar-refractivity contribution in [3.05, 3.63) is 71.5 Å². The van der Waals surface area contributed by atoms with Gasteiger partial charge in [-0.2, -0.15) is 0 Å². The van der Waals surface area contributed by atoms with Crippen LogP contribution >= 0.6 is 0 Å². The Morgan fingerprint density at radius 1 is 1.14 bits per heavy atom. The van der Waals surface area contributed by atoms with Crippen LogP contribution in [-0.4, -0.2) is 25.3 Å². The van der Waals surface area contributed by atoms with Gasteiger partial charge in [0.05, 0.1) is 6.10 Å². The molecule has 2 aromatic carbocycles. The Bertz CT molecular complexity index is 838. The van der Waals surface area contributed by atoms with Crippen LogP contribution in [0.4, 0.5) is 4.39 Å². The molecule has 1 heterocycles. The highest BCUT2D eigenvalue weighted by molar-refractivity contribution is 5.76. The summed E-state index contributed by atoms with van der Waals surface area (Å²) in [5.74, 6) is 5.22. The van der Waals surface area contributed by atoms with Crippen LogP contribution in [0.1, 0.15) is 43.1 Å². The molecule has 4 unspecified atom stereocenters. The van der Waals surface area contributed by atoms with Gasteiger partial charge in [-0.05, 0) is 43.0 Å². The van der Waals surface area contributed by atoms with E-state index in [0.717, 1.165) is 24.0 Å².